The number of anilines is 1. The molecule has 1 N–H and O–H groups in total. The van der Waals surface area contributed by atoms with Crippen molar-refractivity contribution in [3.05, 3.63) is 22.8 Å². The Morgan fingerprint density at radius 1 is 1.31 bits per heavy atom. The summed E-state index contributed by atoms with van der Waals surface area (Å²) in [5.41, 5.74) is -0.693. The lowest BCUT2D eigenvalue weighted by Crippen LogP contribution is -2.41. The van der Waals surface area contributed by atoms with Crippen LogP contribution in [0.1, 0.15) is 45.6 Å². The molecule has 1 aliphatic heterocycles. The maximum Gasteiger partial charge on any atom is 0.417 e. The molecule has 0 unspecified atom stereocenters. The molecule has 0 aromatic carbocycles. The number of halogens is 4. The number of piperidine rings is 1. The fraction of sp³-hybridized carbons (Fsp3) is 0.667. The molecular weight excluding hydrogens is 367 g/mol. The number of pyridine rings is 1. The normalized spacial score (nSPS) is 16.7. The summed E-state index contributed by atoms with van der Waals surface area (Å²) in [6.45, 7) is 8.09. The van der Waals surface area contributed by atoms with E-state index in [0.29, 0.717) is 38.3 Å². The van der Waals surface area contributed by atoms with Gasteiger partial charge in [-0.15, -0.1) is 0 Å². The zero-order chi connectivity index (χ0) is 19.5. The van der Waals surface area contributed by atoms with Crippen LogP contribution in [0, 0.1) is 11.3 Å². The third kappa shape index (κ3) is 5.76. The molecule has 0 atom stereocenters. The van der Waals surface area contributed by atoms with Gasteiger partial charge in [0.2, 0.25) is 5.91 Å². The fourth-order valence-corrected chi connectivity index (χ4v) is 3.16. The monoisotopic (exact) mass is 391 g/mol. The van der Waals surface area contributed by atoms with E-state index in [2.05, 4.69) is 31.1 Å². The molecule has 0 bridgehead atoms. The number of nitrogens with zero attached hydrogens (tertiary/aromatic N) is 2. The van der Waals surface area contributed by atoms with E-state index in [9.17, 15) is 18.0 Å². The Labute approximate surface area is 157 Å². The number of hydrogen-bond donors (Lipinski definition) is 1. The van der Waals surface area contributed by atoms with Crippen LogP contribution in [-0.4, -0.2) is 30.5 Å². The molecule has 1 aromatic rings. The van der Waals surface area contributed by atoms with Crippen molar-refractivity contribution >= 4 is 23.3 Å². The average molecular weight is 392 g/mol. The van der Waals surface area contributed by atoms with Crippen LogP contribution in [0.4, 0.5) is 19.0 Å². The van der Waals surface area contributed by atoms with Gasteiger partial charge >= 0.3 is 6.18 Å². The predicted molar refractivity (Wildman–Crippen MR) is 96.3 cm³/mol. The summed E-state index contributed by atoms with van der Waals surface area (Å²) in [5, 5.41) is 2.95. The van der Waals surface area contributed by atoms with Crippen LogP contribution in [0.3, 0.4) is 0 Å². The lowest BCUT2D eigenvalue weighted by Gasteiger charge is -2.33. The van der Waals surface area contributed by atoms with Crippen LogP contribution >= 0.6 is 11.6 Å². The quantitative estimate of drug-likeness (QED) is 0.820. The Hall–Kier alpha value is -1.50. The van der Waals surface area contributed by atoms with Crippen molar-refractivity contribution in [2.24, 2.45) is 11.3 Å². The number of nitrogens with one attached hydrogen (secondary N) is 1. The van der Waals surface area contributed by atoms with E-state index in [0.717, 1.165) is 18.7 Å². The number of hydrogen-bond acceptors (Lipinski definition) is 3. The lowest BCUT2D eigenvalue weighted by molar-refractivity contribution is -0.137. The van der Waals surface area contributed by atoms with Gasteiger partial charge < -0.3 is 10.2 Å². The predicted octanol–water partition coefficient (Wildman–Crippen LogP) is 4.52. The maximum absolute atomic E-state index is 12.7. The van der Waals surface area contributed by atoms with Crippen molar-refractivity contribution in [1.82, 2.24) is 10.3 Å². The molecule has 1 amide bonds. The molecule has 2 rings (SSSR count). The lowest BCUT2D eigenvalue weighted by atomic mass is 9.92. The molecule has 8 heteroatoms. The van der Waals surface area contributed by atoms with Gasteiger partial charge in [-0.25, -0.2) is 4.98 Å². The molecule has 146 valence electrons. The van der Waals surface area contributed by atoms with E-state index in [1.807, 2.05) is 4.90 Å². The molecule has 0 aliphatic carbocycles. The van der Waals surface area contributed by atoms with E-state index < -0.39 is 11.7 Å². The second-order valence-electron chi connectivity index (χ2n) is 7.89. The van der Waals surface area contributed by atoms with Gasteiger partial charge in [0.05, 0.1) is 10.6 Å². The van der Waals surface area contributed by atoms with Crippen molar-refractivity contribution in [2.45, 2.75) is 46.2 Å². The van der Waals surface area contributed by atoms with Crippen molar-refractivity contribution in [2.75, 3.05) is 24.5 Å². The molecule has 1 fully saturated rings. The van der Waals surface area contributed by atoms with Gasteiger partial charge in [-0.1, -0.05) is 32.4 Å². The van der Waals surface area contributed by atoms with Crippen molar-refractivity contribution in [3.63, 3.8) is 0 Å². The highest BCUT2D eigenvalue weighted by molar-refractivity contribution is 6.33. The van der Waals surface area contributed by atoms with Crippen LogP contribution in [0.5, 0.6) is 0 Å². The third-order valence-electron chi connectivity index (χ3n) is 4.49. The third-order valence-corrected chi connectivity index (χ3v) is 4.77. The molecule has 1 saturated heterocycles. The fourth-order valence-electron chi connectivity index (χ4n) is 2.88. The number of amides is 1. The summed E-state index contributed by atoms with van der Waals surface area (Å²) in [5.74, 6) is 0.297. The Morgan fingerprint density at radius 2 is 1.92 bits per heavy atom. The molecule has 0 radical (unpaired) electrons. The van der Waals surface area contributed by atoms with Crippen LogP contribution in [0.2, 0.25) is 5.02 Å². The van der Waals surface area contributed by atoms with Gasteiger partial charge in [0, 0.05) is 31.7 Å². The maximum atomic E-state index is 12.7. The van der Waals surface area contributed by atoms with Crippen LogP contribution in [0.25, 0.3) is 0 Å². The molecule has 2 heterocycles. The standard InChI is InChI=1S/C18H25ClF3N3O/c1-17(2,3)6-7-23-16(26)12-4-8-25(9-5-12)15-14(19)10-13(11-24-15)18(20,21)22/h10-12H,4-9H2,1-3H3,(H,23,26). The first-order valence-corrected chi connectivity index (χ1v) is 9.10. The van der Waals surface area contributed by atoms with E-state index in [1.165, 1.54) is 0 Å². The van der Waals surface area contributed by atoms with Gasteiger partial charge in [0.25, 0.3) is 0 Å². The highest BCUT2D eigenvalue weighted by Gasteiger charge is 2.33. The molecule has 26 heavy (non-hydrogen) atoms. The topological polar surface area (TPSA) is 45.2 Å². The summed E-state index contributed by atoms with van der Waals surface area (Å²) in [6, 6.07) is 0.898. The Kier molecular flexibility index (Phi) is 6.42. The van der Waals surface area contributed by atoms with E-state index in [1.54, 1.807) is 0 Å². The summed E-state index contributed by atoms with van der Waals surface area (Å²) in [4.78, 5) is 18.0. The minimum atomic E-state index is -4.46. The first-order valence-electron chi connectivity index (χ1n) is 8.73. The van der Waals surface area contributed by atoms with Crippen LogP contribution in [-0.2, 0) is 11.0 Å². The summed E-state index contributed by atoms with van der Waals surface area (Å²) >= 11 is 6.00. The minimum absolute atomic E-state index is 0.0205. The molecule has 1 aliphatic rings. The van der Waals surface area contributed by atoms with E-state index in [4.69, 9.17) is 11.6 Å². The summed E-state index contributed by atoms with van der Waals surface area (Å²) < 4.78 is 38.1. The first kappa shape index (κ1) is 20.8. The Balaban J connectivity index is 1.89. The van der Waals surface area contributed by atoms with Gasteiger partial charge in [-0.3, -0.25) is 4.79 Å². The Morgan fingerprint density at radius 3 is 2.42 bits per heavy atom. The van der Waals surface area contributed by atoms with Gasteiger partial charge in [-0.2, -0.15) is 13.2 Å². The van der Waals surface area contributed by atoms with Gasteiger partial charge in [0.1, 0.15) is 5.82 Å². The van der Waals surface area contributed by atoms with Crippen molar-refractivity contribution in [3.8, 4) is 0 Å². The SMILES string of the molecule is CC(C)(C)CCNC(=O)C1CCN(c2ncc(C(F)(F)F)cc2Cl)CC1. The van der Waals surface area contributed by atoms with Crippen LogP contribution in [0.15, 0.2) is 12.3 Å². The average Bonchev–Trinajstić information content (AvgIpc) is 2.53. The van der Waals surface area contributed by atoms with Crippen LogP contribution < -0.4 is 10.2 Å². The highest BCUT2D eigenvalue weighted by atomic mass is 35.5. The second kappa shape index (κ2) is 8.03. The van der Waals surface area contributed by atoms with Gasteiger partial charge in [0.15, 0.2) is 0 Å². The first-order chi connectivity index (χ1) is 12.0. The summed E-state index contributed by atoms with van der Waals surface area (Å²) in [6.07, 6.45) is -1.51. The summed E-state index contributed by atoms with van der Waals surface area (Å²) in [7, 11) is 0. The van der Waals surface area contributed by atoms with Crippen molar-refractivity contribution in [1.29, 1.82) is 0 Å². The molecular formula is C18H25ClF3N3O. The smallest absolute Gasteiger partial charge is 0.356 e. The molecule has 0 spiro atoms. The zero-order valence-electron chi connectivity index (χ0n) is 15.3. The van der Waals surface area contributed by atoms with E-state index in [-0.39, 0.29) is 22.3 Å². The highest BCUT2D eigenvalue weighted by Crippen LogP contribution is 2.34. The molecule has 1 aromatic heterocycles. The molecule has 0 saturated carbocycles. The number of aromatic nitrogens is 1. The van der Waals surface area contributed by atoms with Crippen molar-refractivity contribution < 1.29 is 18.0 Å². The minimum Gasteiger partial charge on any atom is -0.356 e. The number of rotatable bonds is 4. The Bertz CT molecular complexity index is 636. The van der Waals surface area contributed by atoms with E-state index >= 15 is 0 Å². The zero-order valence-corrected chi connectivity index (χ0v) is 16.0. The largest absolute Gasteiger partial charge is 0.417 e. The second-order valence-corrected chi connectivity index (χ2v) is 8.30. The number of carbonyl (C=O) groups excluding carboxylic acids is 1. The van der Waals surface area contributed by atoms with Gasteiger partial charge in [-0.05, 0) is 30.7 Å². The number of carbonyl (C=O) groups is 1. The number of alkyl halides is 3. The molecule has 4 nitrogen and oxygen atoms in total.